The number of phenolic OH excluding ortho intramolecular Hbond substituents is 3. The summed E-state index contributed by atoms with van der Waals surface area (Å²) in [5.41, 5.74) is -0.691. The highest BCUT2D eigenvalue weighted by molar-refractivity contribution is 6.40. The lowest BCUT2D eigenvalue weighted by Crippen LogP contribution is -2.17. The smallest absolute Gasteiger partial charge is 0.347 e. The van der Waals surface area contributed by atoms with Gasteiger partial charge in [0.15, 0.2) is 11.6 Å². The third kappa shape index (κ3) is 2.88. The lowest BCUT2D eigenvalue weighted by atomic mass is 9.83. The van der Waals surface area contributed by atoms with Gasteiger partial charge in [0, 0.05) is 11.1 Å². The Balaban J connectivity index is 1.86. The van der Waals surface area contributed by atoms with Crippen LogP contribution < -0.4 is 10.4 Å². The molecule has 1 aliphatic carbocycles. The van der Waals surface area contributed by atoms with Crippen LogP contribution in [0.4, 0.5) is 0 Å². The zero-order chi connectivity index (χ0) is 24.5. The molecule has 0 aliphatic heterocycles. The van der Waals surface area contributed by atoms with Crippen molar-refractivity contribution in [1.82, 2.24) is 0 Å². The van der Waals surface area contributed by atoms with Crippen LogP contribution in [0, 0.1) is 13.8 Å². The number of ketones is 2. The van der Waals surface area contributed by atoms with Gasteiger partial charge in [-0.05, 0) is 66.6 Å². The Bertz CT molecular complexity index is 1690. The lowest BCUT2D eigenvalue weighted by molar-refractivity contribution is 0.0999. The summed E-state index contributed by atoms with van der Waals surface area (Å²) in [5, 5.41) is 33.0. The molecule has 0 atom stereocenters. The Morgan fingerprint density at radius 2 is 1.53 bits per heavy atom. The number of carbonyl (C=O) groups is 2. The lowest BCUT2D eigenvalue weighted by Gasteiger charge is -2.21. The van der Waals surface area contributed by atoms with Crippen molar-refractivity contribution in [3.05, 3.63) is 74.8 Å². The van der Waals surface area contributed by atoms with Gasteiger partial charge in [0.25, 0.3) is 0 Å². The topological polar surface area (TPSA) is 134 Å². The van der Waals surface area contributed by atoms with E-state index in [-0.39, 0.29) is 44.5 Å². The molecule has 8 heteroatoms. The van der Waals surface area contributed by atoms with Crippen LogP contribution in [-0.4, -0.2) is 34.0 Å². The number of phenols is 3. The molecule has 0 unspecified atom stereocenters. The molecule has 0 bridgehead atoms. The maximum absolute atomic E-state index is 13.4. The first kappa shape index (κ1) is 21.3. The van der Waals surface area contributed by atoms with Gasteiger partial charge in [0.2, 0.25) is 0 Å². The van der Waals surface area contributed by atoms with Crippen LogP contribution in [0.25, 0.3) is 27.1 Å². The molecular formula is C26H18O8. The minimum absolute atomic E-state index is 0.0484. The largest absolute Gasteiger partial charge is 0.507 e. The molecule has 1 heterocycles. The third-order valence-electron chi connectivity index (χ3n) is 5.95. The van der Waals surface area contributed by atoms with E-state index in [9.17, 15) is 29.7 Å². The summed E-state index contributed by atoms with van der Waals surface area (Å²) in [6.45, 7) is 3.27. The molecule has 0 saturated carbocycles. The molecule has 5 rings (SSSR count). The second kappa shape index (κ2) is 7.21. The molecule has 3 aromatic carbocycles. The minimum atomic E-state index is -0.788. The highest BCUT2D eigenvalue weighted by atomic mass is 16.5. The normalized spacial score (nSPS) is 13.3. The molecule has 34 heavy (non-hydrogen) atoms. The van der Waals surface area contributed by atoms with Crippen molar-refractivity contribution in [3.8, 4) is 23.0 Å². The molecule has 0 fully saturated rings. The predicted molar refractivity (Wildman–Crippen MR) is 124 cm³/mol. The fourth-order valence-corrected chi connectivity index (χ4v) is 4.52. The maximum Gasteiger partial charge on any atom is 0.347 e. The number of Topliss-reactive ketones (excluding diaryl/α,β-unsaturated/α-hetero) is 1. The van der Waals surface area contributed by atoms with Crippen LogP contribution in [-0.2, 0) is 0 Å². The monoisotopic (exact) mass is 458 g/mol. The van der Waals surface area contributed by atoms with Crippen molar-refractivity contribution < 1.29 is 34.1 Å². The summed E-state index contributed by atoms with van der Waals surface area (Å²) >= 11 is 0. The van der Waals surface area contributed by atoms with E-state index in [1.54, 1.807) is 26.0 Å². The number of fused-ring (bicyclic) bond motifs is 3. The molecule has 1 aromatic heterocycles. The van der Waals surface area contributed by atoms with Crippen molar-refractivity contribution in [3.63, 3.8) is 0 Å². The van der Waals surface area contributed by atoms with Crippen LogP contribution >= 0.6 is 0 Å². The Kier molecular flexibility index (Phi) is 4.51. The van der Waals surface area contributed by atoms with E-state index >= 15 is 0 Å². The predicted octanol–water partition coefficient (Wildman–Crippen LogP) is 4.15. The van der Waals surface area contributed by atoms with E-state index in [0.717, 1.165) is 6.08 Å². The number of ether oxygens (including phenoxy) is 1. The quantitative estimate of drug-likeness (QED) is 0.381. The molecule has 170 valence electrons. The second-order valence-electron chi connectivity index (χ2n) is 8.19. The first-order chi connectivity index (χ1) is 16.1. The van der Waals surface area contributed by atoms with E-state index in [1.165, 1.54) is 25.3 Å². The summed E-state index contributed by atoms with van der Waals surface area (Å²) in [5.74, 6) is -2.28. The molecule has 0 saturated heterocycles. The van der Waals surface area contributed by atoms with Gasteiger partial charge in [0.1, 0.15) is 34.1 Å². The number of hydrogen-bond donors (Lipinski definition) is 3. The van der Waals surface area contributed by atoms with Crippen molar-refractivity contribution >= 4 is 38.7 Å². The van der Waals surface area contributed by atoms with Crippen LogP contribution in [0.1, 0.15) is 37.6 Å². The number of benzene rings is 3. The first-order valence-electron chi connectivity index (χ1n) is 10.3. The van der Waals surface area contributed by atoms with Gasteiger partial charge in [-0.2, -0.15) is 0 Å². The fourth-order valence-electron chi connectivity index (χ4n) is 4.52. The highest BCUT2D eigenvalue weighted by Crippen LogP contribution is 2.48. The van der Waals surface area contributed by atoms with Crippen molar-refractivity contribution in [2.45, 2.75) is 13.8 Å². The molecular weight excluding hydrogens is 440 g/mol. The summed E-state index contributed by atoms with van der Waals surface area (Å²) in [6, 6.07) is 7.49. The van der Waals surface area contributed by atoms with Gasteiger partial charge in [0.05, 0.1) is 23.6 Å². The van der Waals surface area contributed by atoms with E-state index in [0.29, 0.717) is 22.1 Å². The molecule has 4 aromatic rings. The second-order valence-corrected chi connectivity index (χ2v) is 8.19. The number of allylic oxidation sites excluding steroid dienone is 2. The Morgan fingerprint density at radius 3 is 2.24 bits per heavy atom. The number of hydrogen-bond acceptors (Lipinski definition) is 8. The molecule has 0 radical (unpaired) electrons. The number of aromatic hydroxyl groups is 3. The number of rotatable bonds is 2. The average molecular weight is 458 g/mol. The standard InChI is InChI=1S/C26H18O8/c1-10-4-14-16(27)9-15(23(29)21(14)17(28)5-10)22-18(33-3)8-13-7-12-6-11(2)34-26(32)20(12)24(30)19(13)25(22)31/h4-9,28,30-31H,1-3H3. The molecule has 3 N–H and O–H groups in total. The minimum Gasteiger partial charge on any atom is -0.507 e. The van der Waals surface area contributed by atoms with Crippen LogP contribution in [0.2, 0.25) is 0 Å². The number of methoxy groups -OCH3 is 1. The van der Waals surface area contributed by atoms with Gasteiger partial charge in [-0.25, -0.2) is 4.79 Å². The third-order valence-corrected chi connectivity index (χ3v) is 5.95. The van der Waals surface area contributed by atoms with Gasteiger partial charge in [-0.3, -0.25) is 9.59 Å². The Hall–Kier alpha value is -4.59. The van der Waals surface area contributed by atoms with Crippen molar-refractivity contribution in [2.24, 2.45) is 0 Å². The van der Waals surface area contributed by atoms with Gasteiger partial charge in [-0.15, -0.1) is 0 Å². The van der Waals surface area contributed by atoms with Crippen molar-refractivity contribution in [2.75, 3.05) is 7.11 Å². The van der Waals surface area contributed by atoms with E-state index in [1.807, 2.05) is 0 Å². The zero-order valence-electron chi connectivity index (χ0n) is 18.3. The summed E-state index contributed by atoms with van der Waals surface area (Å²) < 4.78 is 10.5. The molecule has 8 nitrogen and oxygen atoms in total. The number of aryl methyl sites for hydroxylation is 2. The van der Waals surface area contributed by atoms with E-state index < -0.39 is 28.7 Å². The molecule has 1 aliphatic rings. The van der Waals surface area contributed by atoms with Crippen LogP contribution in [0.3, 0.4) is 0 Å². The SMILES string of the molecule is COc1cc2cc3cc(C)oc(=O)c3c(O)c2c(O)c1C1=CC(=O)c2cc(C)cc(O)c2C1=O. The van der Waals surface area contributed by atoms with Gasteiger partial charge in [-0.1, -0.05) is 0 Å². The highest BCUT2D eigenvalue weighted by Gasteiger charge is 2.33. The van der Waals surface area contributed by atoms with Crippen LogP contribution in [0.15, 0.2) is 45.6 Å². The fraction of sp³-hybridized carbons (Fsp3) is 0.115. The summed E-state index contributed by atoms with van der Waals surface area (Å²) in [6.07, 6.45) is 1.06. The Morgan fingerprint density at radius 1 is 0.824 bits per heavy atom. The van der Waals surface area contributed by atoms with Crippen molar-refractivity contribution in [1.29, 1.82) is 0 Å². The molecule has 0 amide bonds. The summed E-state index contributed by atoms with van der Waals surface area (Å²) in [4.78, 5) is 38.6. The maximum atomic E-state index is 13.4. The van der Waals surface area contributed by atoms with E-state index in [4.69, 9.17) is 9.15 Å². The zero-order valence-corrected chi connectivity index (χ0v) is 18.3. The Labute approximate surface area is 191 Å². The van der Waals surface area contributed by atoms with Crippen LogP contribution in [0.5, 0.6) is 23.0 Å². The van der Waals surface area contributed by atoms with Gasteiger partial charge >= 0.3 is 5.63 Å². The number of carbonyl (C=O) groups excluding carboxylic acids is 2. The summed E-state index contributed by atoms with van der Waals surface area (Å²) in [7, 11) is 1.33. The first-order valence-corrected chi connectivity index (χ1v) is 10.3. The molecule has 0 spiro atoms. The van der Waals surface area contributed by atoms with Gasteiger partial charge < -0.3 is 24.5 Å². The average Bonchev–Trinajstić information content (AvgIpc) is 2.75. The van der Waals surface area contributed by atoms with E-state index in [2.05, 4.69) is 0 Å².